The SMILES string of the molecule is COCC(CCCN)NCC1(O)CCOCC1. The minimum Gasteiger partial charge on any atom is -0.388 e. The summed E-state index contributed by atoms with van der Waals surface area (Å²) in [5.41, 5.74) is 4.89. The lowest BCUT2D eigenvalue weighted by Gasteiger charge is -2.33. The van der Waals surface area contributed by atoms with Crippen LogP contribution in [0, 0.1) is 0 Å². The quantitative estimate of drug-likeness (QED) is 0.556. The van der Waals surface area contributed by atoms with Crippen molar-refractivity contribution in [3.63, 3.8) is 0 Å². The summed E-state index contributed by atoms with van der Waals surface area (Å²) in [6.07, 6.45) is 3.37. The Morgan fingerprint density at radius 1 is 1.47 bits per heavy atom. The van der Waals surface area contributed by atoms with Crippen LogP contribution in [0.5, 0.6) is 0 Å². The van der Waals surface area contributed by atoms with Crippen LogP contribution in [-0.2, 0) is 9.47 Å². The maximum absolute atomic E-state index is 10.3. The lowest BCUT2D eigenvalue weighted by atomic mass is 9.94. The second-order valence-corrected chi connectivity index (χ2v) is 4.80. The molecule has 1 rings (SSSR count). The first-order valence-electron chi connectivity index (χ1n) is 6.43. The summed E-state index contributed by atoms with van der Waals surface area (Å²) >= 11 is 0. The number of ether oxygens (including phenoxy) is 2. The zero-order valence-electron chi connectivity index (χ0n) is 10.8. The molecule has 1 aliphatic rings. The van der Waals surface area contributed by atoms with Crippen molar-refractivity contribution in [1.82, 2.24) is 5.32 Å². The molecule has 5 nitrogen and oxygen atoms in total. The highest BCUT2D eigenvalue weighted by Gasteiger charge is 2.30. The average molecular weight is 246 g/mol. The van der Waals surface area contributed by atoms with Crippen molar-refractivity contribution in [2.24, 2.45) is 5.73 Å². The third-order valence-electron chi connectivity index (χ3n) is 3.27. The van der Waals surface area contributed by atoms with Gasteiger partial charge < -0.3 is 25.6 Å². The van der Waals surface area contributed by atoms with Crippen molar-refractivity contribution in [3.8, 4) is 0 Å². The molecule has 1 aliphatic heterocycles. The van der Waals surface area contributed by atoms with Gasteiger partial charge in [-0.3, -0.25) is 0 Å². The largest absolute Gasteiger partial charge is 0.388 e. The van der Waals surface area contributed by atoms with E-state index in [1.165, 1.54) is 0 Å². The van der Waals surface area contributed by atoms with E-state index < -0.39 is 5.60 Å². The van der Waals surface area contributed by atoms with E-state index in [0.29, 0.717) is 45.8 Å². The van der Waals surface area contributed by atoms with Crippen LogP contribution in [0.3, 0.4) is 0 Å². The zero-order chi connectivity index (χ0) is 12.6. The molecule has 1 atom stereocenters. The molecule has 102 valence electrons. The summed E-state index contributed by atoms with van der Waals surface area (Å²) in [5, 5.41) is 13.7. The van der Waals surface area contributed by atoms with Crippen molar-refractivity contribution >= 4 is 0 Å². The second-order valence-electron chi connectivity index (χ2n) is 4.80. The van der Waals surface area contributed by atoms with E-state index in [2.05, 4.69) is 5.32 Å². The summed E-state index contributed by atoms with van der Waals surface area (Å²) in [4.78, 5) is 0. The number of rotatable bonds is 8. The van der Waals surface area contributed by atoms with Crippen molar-refractivity contribution in [2.75, 3.05) is 40.0 Å². The van der Waals surface area contributed by atoms with Crippen molar-refractivity contribution in [2.45, 2.75) is 37.3 Å². The van der Waals surface area contributed by atoms with Crippen LogP contribution >= 0.6 is 0 Å². The van der Waals surface area contributed by atoms with Gasteiger partial charge in [-0.1, -0.05) is 0 Å². The van der Waals surface area contributed by atoms with Gasteiger partial charge in [0, 0.05) is 45.8 Å². The zero-order valence-corrected chi connectivity index (χ0v) is 10.8. The van der Waals surface area contributed by atoms with Gasteiger partial charge in [0.05, 0.1) is 12.2 Å². The summed E-state index contributed by atoms with van der Waals surface area (Å²) in [7, 11) is 1.69. The Labute approximate surface area is 104 Å². The fraction of sp³-hybridized carbons (Fsp3) is 1.00. The van der Waals surface area contributed by atoms with Crippen LogP contribution in [0.15, 0.2) is 0 Å². The molecule has 5 heteroatoms. The molecule has 17 heavy (non-hydrogen) atoms. The molecular weight excluding hydrogens is 220 g/mol. The van der Waals surface area contributed by atoms with Crippen LogP contribution in [0.25, 0.3) is 0 Å². The van der Waals surface area contributed by atoms with Gasteiger partial charge in [-0.05, 0) is 19.4 Å². The maximum atomic E-state index is 10.3. The second kappa shape index (κ2) is 8.00. The molecule has 0 aromatic rings. The third-order valence-corrected chi connectivity index (χ3v) is 3.27. The van der Waals surface area contributed by atoms with E-state index in [1.54, 1.807) is 7.11 Å². The summed E-state index contributed by atoms with van der Waals surface area (Å²) in [5.74, 6) is 0. The summed E-state index contributed by atoms with van der Waals surface area (Å²) in [6.45, 7) is 3.26. The first kappa shape index (κ1) is 14.9. The highest BCUT2D eigenvalue weighted by Crippen LogP contribution is 2.19. The number of hydrogen-bond donors (Lipinski definition) is 3. The number of methoxy groups -OCH3 is 1. The minimum absolute atomic E-state index is 0.274. The first-order chi connectivity index (χ1) is 8.20. The molecule has 0 saturated carbocycles. The van der Waals surface area contributed by atoms with Gasteiger partial charge in [-0.2, -0.15) is 0 Å². The molecule has 1 saturated heterocycles. The Kier molecular flexibility index (Phi) is 6.99. The molecule has 0 spiro atoms. The number of hydrogen-bond acceptors (Lipinski definition) is 5. The van der Waals surface area contributed by atoms with Gasteiger partial charge in [0.2, 0.25) is 0 Å². The molecule has 0 bridgehead atoms. The predicted octanol–water partition coefficient (Wildman–Crippen LogP) is -0.129. The molecule has 1 unspecified atom stereocenters. The van der Waals surface area contributed by atoms with Crippen molar-refractivity contribution in [3.05, 3.63) is 0 Å². The van der Waals surface area contributed by atoms with Crippen LogP contribution in [0.2, 0.25) is 0 Å². The van der Waals surface area contributed by atoms with E-state index >= 15 is 0 Å². The molecule has 1 heterocycles. The first-order valence-corrected chi connectivity index (χ1v) is 6.43. The molecule has 0 aromatic carbocycles. The third kappa shape index (κ3) is 5.79. The Morgan fingerprint density at radius 2 is 2.18 bits per heavy atom. The van der Waals surface area contributed by atoms with Gasteiger partial charge in [0.25, 0.3) is 0 Å². The normalized spacial score (nSPS) is 21.4. The minimum atomic E-state index is -0.618. The molecular formula is C12H26N2O3. The van der Waals surface area contributed by atoms with E-state index in [9.17, 15) is 5.11 Å². The summed E-state index contributed by atoms with van der Waals surface area (Å²) < 4.78 is 10.4. The Bertz CT molecular complexity index is 196. The highest BCUT2D eigenvalue weighted by molar-refractivity contribution is 4.85. The molecule has 0 aliphatic carbocycles. The monoisotopic (exact) mass is 246 g/mol. The van der Waals surface area contributed by atoms with Crippen molar-refractivity contribution in [1.29, 1.82) is 0 Å². The lowest BCUT2D eigenvalue weighted by molar-refractivity contribution is -0.0637. The molecule has 0 radical (unpaired) electrons. The van der Waals surface area contributed by atoms with Crippen LogP contribution in [0.1, 0.15) is 25.7 Å². The van der Waals surface area contributed by atoms with E-state index in [0.717, 1.165) is 12.8 Å². The van der Waals surface area contributed by atoms with Gasteiger partial charge in [0.1, 0.15) is 0 Å². The Balaban J connectivity index is 2.28. The fourth-order valence-electron chi connectivity index (χ4n) is 2.07. The topological polar surface area (TPSA) is 76.7 Å². The smallest absolute Gasteiger partial charge is 0.0815 e. The van der Waals surface area contributed by atoms with Gasteiger partial charge in [-0.25, -0.2) is 0 Å². The van der Waals surface area contributed by atoms with Crippen molar-refractivity contribution < 1.29 is 14.6 Å². The Morgan fingerprint density at radius 3 is 2.76 bits per heavy atom. The molecule has 4 N–H and O–H groups in total. The lowest BCUT2D eigenvalue weighted by Crippen LogP contribution is -2.48. The number of nitrogens with one attached hydrogen (secondary N) is 1. The average Bonchev–Trinajstić information content (AvgIpc) is 2.34. The van der Waals surface area contributed by atoms with Gasteiger partial charge in [0.15, 0.2) is 0 Å². The van der Waals surface area contributed by atoms with E-state index in [4.69, 9.17) is 15.2 Å². The molecule has 0 amide bonds. The van der Waals surface area contributed by atoms with Crippen LogP contribution < -0.4 is 11.1 Å². The van der Waals surface area contributed by atoms with Gasteiger partial charge in [-0.15, -0.1) is 0 Å². The van der Waals surface area contributed by atoms with E-state index in [1.807, 2.05) is 0 Å². The standard InChI is InChI=1S/C12H26N2O3/c1-16-9-11(3-2-6-13)14-10-12(15)4-7-17-8-5-12/h11,14-15H,2-10,13H2,1H3. The predicted molar refractivity (Wildman–Crippen MR) is 67.0 cm³/mol. The Hall–Kier alpha value is -0.200. The number of nitrogens with two attached hydrogens (primary N) is 1. The van der Waals surface area contributed by atoms with Crippen LogP contribution in [0.4, 0.5) is 0 Å². The number of aliphatic hydroxyl groups is 1. The highest BCUT2D eigenvalue weighted by atomic mass is 16.5. The summed E-state index contributed by atoms with van der Waals surface area (Å²) in [6, 6.07) is 0.274. The molecule has 0 aromatic heterocycles. The van der Waals surface area contributed by atoms with Gasteiger partial charge >= 0.3 is 0 Å². The fourth-order valence-corrected chi connectivity index (χ4v) is 2.07. The van der Waals surface area contributed by atoms with E-state index in [-0.39, 0.29) is 6.04 Å². The molecule has 1 fully saturated rings. The van der Waals surface area contributed by atoms with Crippen LogP contribution in [-0.4, -0.2) is 56.8 Å². The maximum Gasteiger partial charge on any atom is 0.0815 e.